The molecule has 0 saturated heterocycles. The van der Waals surface area contributed by atoms with Gasteiger partial charge in [-0.05, 0) is 13.3 Å². The highest BCUT2D eigenvalue weighted by Gasteiger charge is 2.09. The minimum absolute atomic E-state index is 0.747. The normalized spacial score (nSPS) is 10.5. The molecule has 0 aliphatic carbocycles. The van der Waals surface area contributed by atoms with Gasteiger partial charge in [0.2, 0.25) is 0 Å². The molecule has 0 amide bonds. The third-order valence-electron chi connectivity index (χ3n) is 2.82. The van der Waals surface area contributed by atoms with E-state index in [1.807, 2.05) is 25.7 Å². The highest BCUT2D eigenvalue weighted by Crippen LogP contribution is 2.21. The summed E-state index contributed by atoms with van der Waals surface area (Å²) >= 11 is 1.64. The first-order valence-corrected chi connectivity index (χ1v) is 7.29. The summed E-state index contributed by atoms with van der Waals surface area (Å²) in [6.07, 6.45) is 3.81. The van der Waals surface area contributed by atoms with Crippen LogP contribution in [0.25, 0.3) is 0 Å². The Hall–Kier alpha value is -1.69. The van der Waals surface area contributed by atoms with Crippen LogP contribution in [0, 0.1) is 6.92 Å². The molecule has 2 aromatic rings. The fraction of sp³-hybridized carbons (Fsp3) is 0.462. The minimum atomic E-state index is 0.747. The highest BCUT2D eigenvalue weighted by molar-refractivity contribution is 7.09. The van der Waals surface area contributed by atoms with E-state index in [0.29, 0.717) is 0 Å². The van der Waals surface area contributed by atoms with Gasteiger partial charge in [0.15, 0.2) is 0 Å². The largest absolute Gasteiger partial charge is 0.373 e. The van der Waals surface area contributed by atoms with Crippen molar-refractivity contribution in [3.8, 4) is 0 Å². The molecule has 102 valence electrons. The average molecular weight is 277 g/mol. The Bertz CT molecular complexity index is 524. The van der Waals surface area contributed by atoms with Crippen molar-refractivity contribution < 1.29 is 0 Å². The number of nitrogens with zero attached hydrogens (tertiary/aromatic N) is 3. The van der Waals surface area contributed by atoms with E-state index in [9.17, 15) is 0 Å². The monoisotopic (exact) mass is 277 g/mol. The molecular weight excluding hydrogens is 258 g/mol. The Labute approximate surface area is 117 Å². The molecular formula is C13H19N5S. The number of aryl methyl sites for hydroxylation is 1. The molecule has 0 fully saturated rings. The number of rotatable bonds is 6. The van der Waals surface area contributed by atoms with E-state index in [-0.39, 0.29) is 0 Å². The van der Waals surface area contributed by atoms with Crippen LogP contribution in [0.1, 0.15) is 29.6 Å². The summed E-state index contributed by atoms with van der Waals surface area (Å²) < 4.78 is 0. The summed E-state index contributed by atoms with van der Waals surface area (Å²) in [5.74, 6) is 2.67. The van der Waals surface area contributed by atoms with Gasteiger partial charge in [-0.1, -0.05) is 6.92 Å². The maximum atomic E-state index is 4.59. The summed E-state index contributed by atoms with van der Waals surface area (Å²) in [6, 6.07) is 0. The fourth-order valence-corrected chi connectivity index (χ4v) is 2.35. The van der Waals surface area contributed by atoms with Crippen molar-refractivity contribution in [1.29, 1.82) is 0 Å². The number of thiazole rings is 1. The molecule has 0 bridgehead atoms. The van der Waals surface area contributed by atoms with Gasteiger partial charge in [0.1, 0.15) is 17.5 Å². The minimum Gasteiger partial charge on any atom is -0.373 e. The summed E-state index contributed by atoms with van der Waals surface area (Å²) in [4.78, 5) is 14.4. The molecule has 19 heavy (non-hydrogen) atoms. The van der Waals surface area contributed by atoms with E-state index in [2.05, 4.69) is 32.5 Å². The van der Waals surface area contributed by atoms with Gasteiger partial charge in [-0.15, -0.1) is 11.3 Å². The van der Waals surface area contributed by atoms with Crippen LogP contribution in [0.3, 0.4) is 0 Å². The van der Waals surface area contributed by atoms with E-state index >= 15 is 0 Å². The Kier molecular flexibility index (Phi) is 4.68. The maximum absolute atomic E-state index is 4.59. The van der Waals surface area contributed by atoms with Crippen molar-refractivity contribution in [2.45, 2.75) is 33.2 Å². The third kappa shape index (κ3) is 3.41. The van der Waals surface area contributed by atoms with Crippen molar-refractivity contribution in [3.63, 3.8) is 0 Å². The van der Waals surface area contributed by atoms with Gasteiger partial charge in [-0.3, -0.25) is 4.98 Å². The third-order valence-corrected chi connectivity index (χ3v) is 3.60. The number of nitrogens with one attached hydrogen (secondary N) is 2. The Balaban J connectivity index is 2.19. The van der Waals surface area contributed by atoms with Gasteiger partial charge >= 0.3 is 0 Å². The van der Waals surface area contributed by atoms with Crippen LogP contribution in [0.15, 0.2) is 11.7 Å². The number of hydrogen-bond donors (Lipinski definition) is 2. The number of anilines is 2. The smallest absolute Gasteiger partial charge is 0.135 e. The van der Waals surface area contributed by atoms with Crippen LogP contribution in [-0.4, -0.2) is 22.0 Å². The summed E-state index contributed by atoms with van der Waals surface area (Å²) in [5.41, 5.74) is 2.89. The van der Waals surface area contributed by atoms with Crippen LogP contribution in [0.2, 0.25) is 0 Å². The van der Waals surface area contributed by atoms with Gasteiger partial charge in [-0.25, -0.2) is 9.97 Å². The molecule has 0 radical (unpaired) electrons. The highest BCUT2D eigenvalue weighted by atomic mass is 32.1. The molecule has 2 N–H and O–H groups in total. The maximum Gasteiger partial charge on any atom is 0.135 e. The molecule has 6 heteroatoms. The van der Waals surface area contributed by atoms with Crippen molar-refractivity contribution in [2.24, 2.45) is 0 Å². The van der Waals surface area contributed by atoms with Crippen molar-refractivity contribution in [1.82, 2.24) is 15.0 Å². The molecule has 0 aliphatic heterocycles. The molecule has 0 aliphatic rings. The second-order valence-electron chi connectivity index (χ2n) is 4.28. The number of hydrogen-bond acceptors (Lipinski definition) is 6. The van der Waals surface area contributed by atoms with Gasteiger partial charge in [-0.2, -0.15) is 0 Å². The fourth-order valence-electron chi connectivity index (χ4n) is 1.81. The van der Waals surface area contributed by atoms with Gasteiger partial charge in [0, 0.05) is 30.1 Å². The van der Waals surface area contributed by atoms with Gasteiger partial charge in [0.25, 0.3) is 0 Å². The Morgan fingerprint density at radius 2 is 2.05 bits per heavy atom. The lowest BCUT2D eigenvalue weighted by atomic mass is 10.2. The van der Waals surface area contributed by atoms with E-state index in [4.69, 9.17) is 0 Å². The first-order chi connectivity index (χ1) is 9.24. The quantitative estimate of drug-likeness (QED) is 0.850. The zero-order valence-electron chi connectivity index (χ0n) is 11.5. The topological polar surface area (TPSA) is 62.7 Å². The van der Waals surface area contributed by atoms with Crippen LogP contribution in [0.4, 0.5) is 11.6 Å². The van der Waals surface area contributed by atoms with Crippen LogP contribution in [0.5, 0.6) is 0 Å². The number of aromatic nitrogens is 3. The summed E-state index contributed by atoms with van der Waals surface area (Å²) in [5, 5.41) is 6.49. The molecule has 0 unspecified atom stereocenters. The van der Waals surface area contributed by atoms with Gasteiger partial charge in [0.05, 0.1) is 12.1 Å². The van der Waals surface area contributed by atoms with E-state index in [0.717, 1.165) is 42.4 Å². The summed E-state index contributed by atoms with van der Waals surface area (Å²) in [6.45, 7) is 4.90. The second kappa shape index (κ2) is 6.47. The van der Waals surface area contributed by atoms with E-state index < -0.39 is 0 Å². The van der Waals surface area contributed by atoms with Gasteiger partial charge < -0.3 is 10.6 Å². The first-order valence-electron chi connectivity index (χ1n) is 6.41. The lowest BCUT2D eigenvalue weighted by molar-refractivity contribution is 0.832. The molecule has 0 aromatic carbocycles. The zero-order chi connectivity index (χ0) is 13.7. The Morgan fingerprint density at radius 1 is 1.26 bits per heavy atom. The second-order valence-corrected chi connectivity index (χ2v) is 5.25. The van der Waals surface area contributed by atoms with E-state index in [1.165, 1.54) is 4.88 Å². The predicted molar refractivity (Wildman–Crippen MR) is 79.8 cm³/mol. The SMILES string of the molecule is CCCc1nc(NC)c(C)c(NCc2cncs2)n1. The van der Waals surface area contributed by atoms with E-state index in [1.54, 1.807) is 11.3 Å². The van der Waals surface area contributed by atoms with Crippen LogP contribution in [-0.2, 0) is 13.0 Å². The Morgan fingerprint density at radius 3 is 2.68 bits per heavy atom. The molecule has 0 saturated carbocycles. The van der Waals surface area contributed by atoms with Crippen molar-refractivity contribution in [3.05, 3.63) is 28.0 Å². The van der Waals surface area contributed by atoms with Crippen molar-refractivity contribution >= 4 is 23.0 Å². The molecule has 5 nitrogen and oxygen atoms in total. The van der Waals surface area contributed by atoms with Crippen LogP contribution >= 0.6 is 11.3 Å². The average Bonchev–Trinajstić information content (AvgIpc) is 2.92. The lowest BCUT2D eigenvalue weighted by Gasteiger charge is -2.13. The zero-order valence-corrected chi connectivity index (χ0v) is 12.3. The molecule has 0 spiro atoms. The van der Waals surface area contributed by atoms with Crippen LogP contribution < -0.4 is 10.6 Å². The molecule has 2 heterocycles. The first kappa shape index (κ1) is 13.7. The molecule has 0 atom stereocenters. The molecule has 2 aromatic heterocycles. The predicted octanol–water partition coefficient (Wildman–Crippen LogP) is 2.85. The summed E-state index contributed by atoms with van der Waals surface area (Å²) in [7, 11) is 1.89. The molecule has 2 rings (SSSR count). The standard InChI is InChI=1S/C13H19N5S/c1-4-5-11-17-12(14-3)9(2)13(18-11)16-7-10-6-15-8-19-10/h6,8H,4-5,7H2,1-3H3,(H2,14,16,17,18). The lowest BCUT2D eigenvalue weighted by Crippen LogP contribution is -2.09. The van der Waals surface area contributed by atoms with Crippen molar-refractivity contribution in [2.75, 3.05) is 17.7 Å².